The molecule has 0 unspecified atom stereocenters. The fourth-order valence-electron chi connectivity index (χ4n) is 0.297. The molecule has 0 radical (unpaired) electrons. The highest BCUT2D eigenvalue weighted by Gasteiger charge is 2.02. The Bertz CT molecular complexity index is 180. The molecule has 0 bridgehead atoms. The molecule has 0 aromatic heterocycles. The van der Waals surface area contributed by atoms with Gasteiger partial charge >= 0.3 is 11.9 Å². The van der Waals surface area contributed by atoms with Crippen molar-refractivity contribution >= 4 is 11.9 Å². The van der Waals surface area contributed by atoms with E-state index in [0.717, 1.165) is 6.08 Å². The molecule has 0 saturated heterocycles. The summed E-state index contributed by atoms with van der Waals surface area (Å²) in [6.45, 7) is 1.32. The van der Waals surface area contributed by atoms with E-state index in [0.29, 0.717) is 0 Å². The quantitative estimate of drug-likeness (QED) is 0.444. The molecule has 1 N–H and O–H groups in total. The maximum absolute atomic E-state index is 10.4. The third-order valence-corrected chi connectivity index (χ3v) is 0.873. The number of methoxy groups -OCH3 is 1. The molecule has 0 rings (SSSR count). The van der Waals surface area contributed by atoms with Gasteiger partial charge in [0, 0.05) is 11.6 Å². The smallest absolute Gasteiger partial charge is 0.331 e. The van der Waals surface area contributed by atoms with Crippen LogP contribution in [0.5, 0.6) is 0 Å². The highest BCUT2D eigenvalue weighted by atomic mass is 16.5. The number of esters is 1. The van der Waals surface area contributed by atoms with E-state index < -0.39 is 11.9 Å². The Morgan fingerprint density at radius 1 is 1.50 bits per heavy atom. The van der Waals surface area contributed by atoms with Gasteiger partial charge in [-0.3, -0.25) is 0 Å². The molecular formula is C6H8O4. The van der Waals surface area contributed by atoms with Crippen LogP contribution in [-0.2, 0) is 14.3 Å². The van der Waals surface area contributed by atoms with E-state index in [9.17, 15) is 9.59 Å². The van der Waals surface area contributed by atoms with Crippen LogP contribution in [0.2, 0.25) is 0 Å². The number of hydrogen-bond acceptors (Lipinski definition) is 3. The van der Waals surface area contributed by atoms with Crippen molar-refractivity contribution in [1.82, 2.24) is 0 Å². The summed E-state index contributed by atoms with van der Waals surface area (Å²) in [5.41, 5.74) is -0.0353. The summed E-state index contributed by atoms with van der Waals surface area (Å²) in [4.78, 5) is 20.4. The molecule has 0 fully saturated rings. The predicted octanol–water partition coefficient (Wildman–Crippen LogP) is 0.190. The normalized spacial score (nSPS) is 10.8. The van der Waals surface area contributed by atoms with Gasteiger partial charge in [-0.15, -0.1) is 0 Å². The molecular weight excluding hydrogens is 136 g/mol. The van der Waals surface area contributed by atoms with Crippen LogP contribution < -0.4 is 0 Å². The number of rotatable bonds is 2. The second kappa shape index (κ2) is 3.66. The zero-order valence-electron chi connectivity index (χ0n) is 5.75. The standard InChI is InChI=1S/C6H8O4/c1-4(6(8)9)3-5(7)10-2/h3H,1-2H3,(H,8,9). The average molecular weight is 144 g/mol. The molecule has 0 aromatic rings. The molecule has 0 aromatic carbocycles. The number of carboxylic acid groups (broad SMARTS) is 1. The first-order chi connectivity index (χ1) is 4.57. The number of ether oxygens (including phenoxy) is 1. The number of aliphatic carboxylic acids is 1. The summed E-state index contributed by atoms with van der Waals surface area (Å²) >= 11 is 0. The fourth-order valence-corrected chi connectivity index (χ4v) is 0.297. The van der Waals surface area contributed by atoms with Crippen LogP contribution in [0.15, 0.2) is 11.6 Å². The Labute approximate surface area is 58.1 Å². The Kier molecular flexibility index (Phi) is 3.17. The van der Waals surface area contributed by atoms with E-state index in [4.69, 9.17) is 5.11 Å². The number of carboxylic acids is 1. The monoisotopic (exact) mass is 144 g/mol. The summed E-state index contributed by atoms with van der Waals surface area (Å²) in [5, 5.41) is 8.25. The van der Waals surface area contributed by atoms with Crippen molar-refractivity contribution in [3.05, 3.63) is 11.6 Å². The van der Waals surface area contributed by atoms with Crippen molar-refractivity contribution in [3.8, 4) is 0 Å². The van der Waals surface area contributed by atoms with Crippen molar-refractivity contribution in [2.45, 2.75) is 6.92 Å². The molecule has 56 valence electrons. The first-order valence-electron chi connectivity index (χ1n) is 2.57. The third-order valence-electron chi connectivity index (χ3n) is 0.873. The van der Waals surface area contributed by atoms with Gasteiger partial charge < -0.3 is 9.84 Å². The second-order valence-corrected chi connectivity index (χ2v) is 1.66. The lowest BCUT2D eigenvalue weighted by molar-refractivity contribution is -0.136. The Balaban J connectivity index is 4.16. The summed E-state index contributed by atoms with van der Waals surface area (Å²) < 4.78 is 4.19. The third kappa shape index (κ3) is 2.86. The topological polar surface area (TPSA) is 63.6 Å². The van der Waals surface area contributed by atoms with Gasteiger partial charge in [0.15, 0.2) is 0 Å². The molecule has 0 aliphatic rings. The second-order valence-electron chi connectivity index (χ2n) is 1.66. The number of carbonyl (C=O) groups is 2. The summed E-state index contributed by atoms with van der Waals surface area (Å²) in [7, 11) is 1.19. The van der Waals surface area contributed by atoms with Gasteiger partial charge in [0.2, 0.25) is 0 Å². The Morgan fingerprint density at radius 3 is 2.30 bits per heavy atom. The molecule has 0 aliphatic heterocycles. The van der Waals surface area contributed by atoms with Gasteiger partial charge in [-0.05, 0) is 6.92 Å². The molecule has 4 nitrogen and oxygen atoms in total. The van der Waals surface area contributed by atoms with E-state index in [1.807, 2.05) is 0 Å². The first-order valence-corrected chi connectivity index (χ1v) is 2.57. The molecule has 4 heteroatoms. The van der Waals surface area contributed by atoms with E-state index in [-0.39, 0.29) is 5.57 Å². The summed E-state index contributed by atoms with van der Waals surface area (Å²) in [6, 6.07) is 0. The van der Waals surface area contributed by atoms with Crippen molar-refractivity contribution in [1.29, 1.82) is 0 Å². The lowest BCUT2D eigenvalue weighted by Crippen LogP contribution is -2.02. The van der Waals surface area contributed by atoms with Gasteiger partial charge in [-0.2, -0.15) is 0 Å². The van der Waals surface area contributed by atoms with Gasteiger partial charge in [0.25, 0.3) is 0 Å². The van der Waals surface area contributed by atoms with Crippen LogP contribution in [-0.4, -0.2) is 24.2 Å². The van der Waals surface area contributed by atoms with Crippen molar-refractivity contribution < 1.29 is 19.4 Å². The minimum absolute atomic E-state index is 0.0353. The van der Waals surface area contributed by atoms with Crippen molar-refractivity contribution in [2.75, 3.05) is 7.11 Å². The SMILES string of the molecule is COC(=O)C=C(C)C(=O)O. The zero-order valence-corrected chi connectivity index (χ0v) is 5.75. The Morgan fingerprint density at radius 2 is 2.00 bits per heavy atom. The molecule has 0 aliphatic carbocycles. The van der Waals surface area contributed by atoms with Crippen LogP contribution in [0.1, 0.15) is 6.92 Å². The van der Waals surface area contributed by atoms with Crippen LogP contribution in [0, 0.1) is 0 Å². The Hall–Kier alpha value is -1.32. The predicted molar refractivity (Wildman–Crippen MR) is 33.4 cm³/mol. The molecule has 0 heterocycles. The fraction of sp³-hybridized carbons (Fsp3) is 0.333. The van der Waals surface area contributed by atoms with Crippen LogP contribution in [0.4, 0.5) is 0 Å². The maximum Gasteiger partial charge on any atom is 0.331 e. The van der Waals surface area contributed by atoms with Crippen LogP contribution in [0.25, 0.3) is 0 Å². The summed E-state index contributed by atoms with van der Waals surface area (Å²) in [5.74, 6) is -1.77. The lowest BCUT2D eigenvalue weighted by atomic mass is 10.3. The maximum atomic E-state index is 10.4. The van der Waals surface area contributed by atoms with Gasteiger partial charge in [-0.1, -0.05) is 0 Å². The number of hydrogen-bond donors (Lipinski definition) is 1. The average Bonchev–Trinajstić information content (AvgIpc) is 1.87. The van der Waals surface area contributed by atoms with E-state index in [2.05, 4.69) is 4.74 Å². The van der Waals surface area contributed by atoms with Gasteiger partial charge in [0.1, 0.15) is 0 Å². The van der Waals surface area contributed by atoms with E-state index in [1.54, 1.807) is 0 Å². The molecule has 0 saturated carbocycles. The van der Waals surface area contributed by atoms with Gasteiger partial charge in [0.05, 0.1) is 7.11 Å². The van der Waals surface area contributed by atoms with Crippen molar-refractivity contribution in [2.24, 2.45) is 0 Å². The van der Waals surface area contributed by atoms with E-state index >= 15 is 0 Å². The molecule has 0 amide bonds. The van der Waals surface area contributed by atoms with Crippen molar-refractivity contribution in [3.63, 3.8) is 0 Å². The largest absolute Gasteiger partial charge is 0.478 e. The highest BCUT2D eigenvalue weighted by Crippen LogP contribution is 1.91. The van der Waals surface area contributed by atoms with Crippen LogP contribution >= 0.6 is 0 Å². The minimum atomic E-state index is -1.12. The van der Waals surface area contributed by atoms with E-state index in [1.165, 1.54) is 14.0 Å². The highest BCUT2D eigenvalue weighted by molar-refractivity contribution is 5.94. The molecule has 0 atom stereocenters. The van der Waals surface area contributed by atoms with Crippen LogP contribution in [0.3, 0.4) is 0 Å². The minimum Gasteiger partial charge on any atom is -0.478 e. The molecule has 10 heavy (non-hydrogen) atoms. The van der Waals surface area contributed by atoms with Gasteiger partial charge in [-0.25, -0.2) is 9.59 Å². The number of carbonyl (C=O) groups excluding carboxylic acids is 1. The first kappa shape index (κ1) is 8.68. The zero-order chi connectivity index (χ0) is 8.15. The lowest BCUT2D eigenvalue weighted by Gasteiger charge is -1.91. The summed E-state index contributed by atoms with van der Waals surface area (Å²) in [6.07, 6.45) is 0.919. The molecule has 0 spiro atoms.